The molecule has 27 heavy (non-hydrogen) atoms. The van der Waals surface area contributed by atoms with E-state index in [1.54, 1.807) is 19.2 Å². The summed E-state index contributed by atoms with van der Waals surface area (Å²) in [5, 5.41) is 6.97. The Hall–Kier alpha value is -2.22. The quantitative estimate of drug-likeness (QED) is 0.652. The number of benzene rings is 1. The van der Waals surface area contributed by atoms with Crippen molar-refractivity contribution in [3.8, 4) is 0 Å². The van der Waals surface area contributed by atoms with Gasteiger partial charge in [0.05, 0.1) is 27.4 Å². The van der Waals surface area contributed by atoms with Gasteiger partial charge in [0.25, 0.3) is 5.56 Å². The molecule has 0 amide bonds. The molecule has 9 heteroatoms. The van der Waals surface area contributed by atoms with E-state index in [1.807, 2.05) is 0 Å². The van der Waals surface area contributed by atoms with Gasteiger partial charge in [-0.25, -0.2) is 14.4 Å². The van der Waals surface area contributed by atoms with Gasteiger partial charge in [-0.2, -0.15) is 0 Å². The highest BCUT2D eigenvalue weighted by molar-refractivity contribution is 6.42. The summed E-state index contributed by atoms with van der Waals surface area (Å²) in [6.07, 6.45) is 2.03. The molecule has 0 bridgehead atoms. The minimum absolute atomic E-state index is 0.172. The minimum atomic E-state index is -0.833. The van der Waals surface area contributed by atoms with E-state index in [2.05, 4.69) is 20.6 Å². The Balaban J connectivity index is 1.84. The van der Waals surface area contributed by atoms with Crippen molar-refractivity contribution in [3.63, 3.8) is 0 Å². The Bertz CT molecular complexity index is 1100. The molecule has 1 aliphatic rings. The van der Waals surface area contributed by atoms with E-state index < -0.39 is 11.4 Å². The zero-order chi connectivity index (χ0) is 19.2. The second-order valence-corrected chi connectivity index (χ2v) is 7.36. The van der Waals surface area contributed by atoms with Crippen molar-refractivity contribution in [2.45, 2.75) is 12.0 Å². The van der Waals surface area contributed by atoms with Gasteiger partial charge in [-0.15, -0.1) is 0 Å². The van der Waals surface area contributed by atoms with Crippen LogP contribution in [-0.2, 0) is 12.6 Å². The lowest BCUT2D eigenvalue weighted by Crippen LogP contribution is -2.39. The first-order chi connectivity index (χ1) is 12.9. The molecule has 3 aromatic rings. The molecule has 4 rings (SSSR count). The lowest BCUT2D eigenvalue weighted by atomic mass is 9.88. The van der Waals surface area contributed by atoms with Gasteiger partial charge in [0.2, 0.25) is 0 Å². The zero-order valence-corrected chi connectivity index (χ0v) is 15.9. The number of halogens is 3. The van der Waals surface area contributed by atoms with Crippen LogP contribution in [0, 0.1) is 5.82 Å². The lowest BCUT2D eigenvalue weighted by Gasteiger charge is -2.32. The van der Waals surface area contributed by atoms with E-state index in [4.69, 9.17) is 23.2 Å². The largest absolute Gasteiger partial charge is 0.359 e. The normalized spacial score (nSPS) is 19.6. The van der Waals surface area contributed by atoms with Crippen LogP contribution >= 0.6 is 23.2 Å². The highest BCUT2D eigenvalue weighted by Gasteiger charge is 2.40. The summed E-state index contributed by atoms with van der Waals surface area (Å²) in [7, 11) is 1.61. The van der Waals surface area contributed by atoms with Gasteiger partial charge in [0, 0.05) is 19.2 Å². The second kappa shape index (κ2) is 6.74. The number of nitrogens with one attached hydrogen (secondary N) is 2. The van der Waals surface area contributed by atoms with E-state index in [0.717, 1.165) is 0 Å². The van der Waals surface area contributed by atoms with E-state index in [0.29, 0.717) is 36.4 Å². The van der Waals surface area contributed by atoms with Crippen LogP contribution in [0.1, 0.15) is 12.0 Å². The number of nitrogens with zero attached hydrogens (tertiary/aromatic N) is 3. The predicted octanol–water partition coefficient (Wildman–Crippen LogP) is 3.08. The fourth-order valence-electron chi connectivity index (χ4n) is 3.44. The Morgan fingerprint density at radius 3 is 2.85 bits per heavy atom. The third kappa shape index (κ3) is 3.05. The summed E-state index contributed by atoms with van der Waals surface area (Å²) in [6.45, 7) is 1.11. The van der Waals surface area contributed by atoms with Gasteiger partial charge in [0.1, 0.15) is 11.6 Å². The molecule has 0 radical (unpaired) electrons. The number of fused-ring (bicyclic) bond motifs is 1. The minimum Gasteiger partial charge on any atom is -0.359 e. The van der Waals surface area contributed by atoms with Crippen molar-refractivity contribution in [1.82, 2.24) is 19.9 Å². The number of hydrogen-bond donors (Lipinski definition) is 2. The third-order valence-electron chi connectivity index (χ3n) is 4.81. The van der Waals surface area contributed by atoms with Gasteiger partial charge in [-0.3, -0.25) is 4.79 Å². The molecule has 1 saturated heterocycles. The summed E-state index contributed by atoms with van der Waals surface area (Å²) < 4.78 is 16.1. The van der Waals surface area contributed by atoms with Gasteiger partial charge in [-0.1, -0.05) is 23.2 Å². The Labute approximate surface area is 164 Å². The molecular weight excluding hydrogens is 392 g/mol. The summed E-state index contributed by atoms with van der Waals surface area (Å²) in [6, 6.07) is 6.16. The molecule has 140 valence electrons. The molecule has 1 aromatic carbocycles. The van der Waals surface area contributed by atoms with Crippen LogP contribution in [0.15, 0.2) is 35.4 Å². The lowest BCUT2D eigenvalue weighted by molar-refractivity contribution is 0.494. The Morgan fingerprint density at radius 2 is 2.11 bits per heavy atom. The van der Waals surface area contributed by atoms with Crippen LogP contribution in [0.2, 0.25) is 10.0 Å². The average molecular weight is 408 g/mol. The number of rotatable bonds is 3. The molecule has 2 aromatic heterocycles. The first-order valence-electron chi connectivity index (χ1n) is 8.36. The summed E-state index contributed by atoms with van der Waals surface area (Å²) in [4.78, 5) is 21.0. The molecule has 0 aliphatic carbocycles. The third-order valence-corrected chi connectivity index (χ3v) is 5.62. The van der Waals surface area contributed by atoms with Gasteiger partial charge in [0.15, 0.2) is 5.52 Å². The number of aromatic nitrogens is 3. The van der Waals surface area contributed by atoms with E-state index in [-0.39, 0.29) is 21.1 Å². The van der Waals surface area contributed by atoms with Gasteiger partial charge >= 0.3 is 0 Å². The standard InChI is InChI=1S/C18H16Cl2FN5O/c1-26-9-23-12-4-5-13(24-16(12)17(26)27)25-18(6-7-22-8-18)14-11(21)3-2-10(19)15(14)20/h2-5,9,22H,6-8H2,1H3,(H,24,25)/t18-/m0/s1. The number of anilines is 1. The number of pyridine rings is 1. The SMILES string of the molecule is Cn1cnc2ccc(N[C@@]3(c4c(F)ccc(Cl)c4Cl)CCNC3)nc2c1=O. The van der Waals surface area contributed by atoms with Crippen molar-refractivity contribution >= 4 is 40.1 Å². The molecule has 2 N–H and O–H groups in total. The van der Waals surface area contributed by atoms with Crippen LogP contribution in [0.25, 0.3) is 11.0 Å². The monoisotopic (exact) mass is 407 g/mol. The Kier molecular flexibility index (Phi) is 4.53. The van der Waals surface area contributed by atoms with E-state index >= 15 is 0 Å². The van der Waals surface area contributed by atoms with Crippen LogP contribution in [0.4, 0.5) is 10.2 Å². The topological polar surface area (TPSA) is 71.8 Å². The van der Waals surface area contributed by atoms with E-state index in [1.165, 1.54) is 23.0 Å². The highest BCUT2D eigenvalue weighted by Crippen LogP contribution is 2.40. The van der Waals surface area contributed by atoms with Gasteiger partial charge < -0.3 is 15.2 Å². The molecule has 1 atom stereocenters. The van der Waals surface area contributed by atoms with Crippen molar-refractivity contribution < 1.29 is 4.39 Å². The maximum absolute atomic E-state index is 14.7. The highest BCUT2D eigenvalue weighted by atomic mass is 35.5. The molecule has 6 nitrogen and oxygen atoms in total. The van der Waals surface area contributed by atoms with Crippen molar-refractivity contribution in [2.75, 3.05) is 18.4 Å². The molecule has 0 spiro atoms. The maximum Gasteiger partial charge on any atom is 0.279 e. The molecule has 0 saturated carbocycles. The van der Waals surface area contributed by atoms with Gasteiger partial charge in [-0.05, 0) is 37.2 Å². The van der Waals surface area contributed by atoms with Crippen molar-refractivity contribution in [2.24, 2.45) is 7.05 Å². The molecular formula is C18H16Cl2FN5O. The molecule has 3 heterocycles. The van der Waals surface area contributed by atoms with Crippen LogP contribution < -0.4 is 16.2 Å². The number of aryl methyl sites for hydroxylation is 1. The number of hydrogen-bond acceptors (Lipinski definition) is 5. The molecule has 1 fully saturated rings. The predicted molar refractivity (Wildman–Crippen MR) is 104 cm³/mol. The van der Waals surface area contributed by atoms with E-state index in [9.17, 15) is 9.18 Å². The fourth-order valence-corrected chi connectivity index (χ4v) is 3.93. The van der Waals surface area contributed by atoms with Crippen molar-refractivity contribution in [1.29, 1.82) is 0 Å². The molecule has 1 aliphatic heterocycles. The first-order valence-corrected chi connectivity index (χ1v) is 9.12. The Morgan fingerprint density at radius 1 is 1.30 bits per heavy atom. The van der Waals surface area contributed by atoms with Crippen LogP contribution in [0.3, 0.4) is 0 Å². The smallest absolute Gasteiger partial charge is 0.279 e. The van der Waals surface area contributed by atoms with Crippen LogP contribution in [0.5, 0.6) is 0 Å². The maximum atomic E-state index is 14.7. The first kappa shape index (κ1) is 18.2. The summed E-state index contributed by atoms with van der Waals surface area (Å²) >= 11 is 12.5. The average Bonchev–Trinajstić information content (AvgIpc) is 3.11. The fraction of sp³-hybridized carbons (Fsp3) is 0.278. The zero-order valence-electron chi connectivity index (χ0n) is 14.4. The second-order valence-electron chi connectivity index (χ2n) is 6.58. The molecule has 0 unspecified atom stereocenters. The van der Waals surface area contributed by atoms with Crippen LogP contribution in [-0.4, -0.2) is 27.6 Å². The summed E-state index contributed by atoms with van der Waals surface area (Å²) in [5.74, 6) is -0.00860. The van der Waals surface area contributed by atoms with Crippen molar-refractivity contribution in [3.05, 3.63) is 62.4 Å². The summed E-state index contributed by atoms with van der Waals surface area (Å²) in [5.41, 5.74) is -0.0601.